The van der Waals surface area contributed by atoms with Crippen LogP contribution in [-0.4, -0.2) is 6.54 Å². The van der Waals surface area contributed by atoms with Gasteiger partial charge in [0, 0.05) is 34.3 Å². The normalized spacial score (nSPS) is 20.2. The van der Waals surface area contributed by atoms with Crippen LogP contribution in [0.1, 0.15) is 54.9 Å². The zero-order valence-corrected chi connectivity index (χ0v) is 28.8. The van der Waals surface area contributed by atoms with Crippen molar-refractivity contribution >= 4 is 27.7 Å². The highest BCUT2D eigenvalue weighted by atomic mass is 15.2. The number of benzene rings is 5. The maximum Gasteiger partial charge on any atom is 0.0557 e. The molecule has 3 aliphatic carbocycles. The molecule has 1 heterocycles. The molecule has 0 bridgehead atoms. The summed E-state index contributed by atoms with van der Waals surface area (Å²) in [4.78, 5) is 2.48. The Bertz CT molecular complexity index is 2280. The van der Waals surface area contributed by atoms with Crippen LogP contribution in [0.5, 0.6) is 0 Å². The van der Waals surface area contributed by atoms with E-state index in [1.807, 2.05) is 0 Å². The fourth-order valence-electron chi connectivity index (χ4n) is 8.75. The van der Waals surface area contributed by atoms with E-state index in [0.717, 1.165) is 19.4 Å². The average Bonchev–Trinajstić information content (AvgIpc) is 3.41. The van der Waals surface area contributed by atoms with Crippen molar-refractivity contribution in [1.29, 1.82) is 0 Å². The lowest BCUT2D eigenvalue weighted by molar-refractivity contribution is 0.394. The second-order valence-corrected chi connectivity index (χ2v) is 14.5. The molecule has 0 aromatic heterocycles. The van der Waals surface area contributed by atoms with Gasteiger partial charge in [-0.15, -0.1) is 0 Å². The predicted molar refractivity (Wildman–Crippen MR) is 212 cm³/mol. The summed E-state index contributed by atoms with van der Waals surface area (Å²) in [6, 6.07) is 41.9. The number of fused-ring (bicyclic) bond motifs is 4. The van der Waals surface area contributed by atoms with E-state index in [1.54, 1.807) is 0 Å². The number of nitrogens with one attached hydrogen (secondary N) is 1. The number of dihydropyridines is 1. The molecule has 0 fully saturated rings. The summed E-state index contributed by atoms with van der Waals surface area (Å²) >= 11 is 0. The molecule has 4 aliphatic rings. The van der Waals surface area contributed by atoms with Gasteiger partial charge in [-0.25, -0.2) is 0 Å². The molecule has 0 spiro atoms. The SMILES string of the molecule is CC1(C)c2cc3ccccc3c(C3=CC=C(N(C4=CC=C(c5ccccc5)CC4)c4ccc(-c5ccccc5)cc4)CN3)c2C2C=CC=CC21. The molecule has 9 rings (SSSR count). The molecule has 2 atom stereocenters. The van der Waals surface area contributed by atoms with Gasteiger partial charge < -0.3 is 10.2 Å². The summed E-state index contributed by atoms with van der Waals surface area (Å²) in [6.07, 6.45) is 20.7. The molecule has 0 amide bonds. The smallest absolute Gasteiger partial charge is 0.0557 e. The lowest BCUT2D eigenvalue weighted by Gasteiger charge is -2.34. The van der Waals surface area contributed by atoms with Crippen molar-refractivity contribution in [1.82, 2.24) is 5.32 Å². The topological polar surface area (TPSA) is 15.3 Å². The molecule has 2 heteroatoms. The maximum absolute atomic E-state index is 3.96. The van der Waals surface area contributed by atoms with Crippen LogP contribution < -0.4 is 10.2 Å². The summed E-state index contributed by atoms with van der Waals surface area (Å²) < 4.78 is 0. The molecule has 0 radical (unpaired) electrons. The number of hydrogen-bond donors (Lipinski definition) is 1. The Morgan fingerprint density at radius 2 is 1.32 bits per heavy atom. The molecular formula is C48H42N2. The van der Waals surface area contributed by atoms with Gasteiger partial charge in [-0.1, -0.05) is 147 Å². The Kier molecular flexibility index (Phi) is 7.54. The van der Waals surface area contributed by atoms with Crippen molar-refractivity contribution in [2.24, 2.45) is 5.92 Å². The minimum absolute atomic E-state index is 0.0541. The lowest BCUT2D eigenvalue weighted by Crippen LogP contribution is -2.31. The zero-order valence-electron chi connectivity index (χ0n) is 28.8. The van der Waals surface area contributed by atoms with Crippen molar-refractivity contribution in [3.63, 3.8) is 0 Å². The summed E-state index contributed by atoms with van der Waals surface area (Å²) in [6.45, 7) is 5.59. The third-order valence-corrected chi connectivity index (χ3v) is 11.3. The first-order valence-electron chi connectivity index (χ1n) is 18.0. The average molecular weight is 647 g/mol. The van der Waals surface area contributed by atoms with Crippen molar-refractivity contribution < 1.29 is 0 Å². The van der Waals surface area contributed by atoms with Gasteiger partial charge in [-0.2, -0.15) is 0 Å². The molecule has 0 saturated heterocycles. The Morgan fingerprint density at radius 3 is 2.04 bits per heavy atom. The molecule has 2 unspecified atom stereocenters. The van der Waals surface area contributed by atoms with Crippen LogP contribution in [0, 0.1) is 5.92 Å². The minimum atomic E-state index is 0.0541. The van der Waals surface area contributed by atoms with Crippen molar-refractivity contribution in [2.75, 3.05) is 11.4 Å². The molecule has 1 N–H and O–H groups in total. The standard InChI is InChI=1S/C48H42N2/c1-48(2)43-20-12-11-19-42(43)46-44(48)31-37-17-9-10-18-41(37)47(46)45-30-29-40(32-49-45)50(38-25-21-35(22-26-38)33-13-5-3-6-14-33)39-27-23-36(24-28-39)34-15-7-4-8-16-34/h3-23,25-27,29-31,42-43,49H,24,28,32H2,1-2H3. The molecule has 1 aliphatic heterocycles. The van der Waals surface area contributed by atoms with E-state index >= 15 is 0 Å². The van der Waals surface area contributed by atoms with Gasteiger partial charge in [0.1, 0.15) is 0 Å². The first-order chi connectivity index (χ1) is 24.6. The van der Waals surface area contributed by atoms with Gasteiger partial charge in [0.25, 0.3) is 0 Å². The number of nitrogens with zero attached hydrogens (tertiary/aromatic N) is 1. The number of rotatable bonds is 6. The number of anilines is 1. The van der Waals surface area contributed by atoms with Gasteiger partial charge in [0.2, 0.25) is 0 Å². The lowest BCUT2D eigenvalue weighted by atomic mass is 9.74. The van der Waals surface area contributed by atoms with Gasteiger partial charge in [0.05, 0.1) is 6.54 Å². The summed E-state index contributed by atoms with van der Waals surface area (Å²) in [5.74, 6) is 0.824. The molecule has 0 saturated carbocycles. The van der Waals surface area contributed by atoms with E-state index in [2.05, 4.69) is 188 Å². The second kappa shape index (κ2) is 12.4. The van der Waals surface area contributed by atoms with Crippen LogP contribution in [0.4, 0.5) is 5.69 Å². The van der Waals surface area contributed by atoms with Crippen LogP contribution in [0.25, 0.3) is 33.2 Å². The highest BCUT2D eigenvalue weighted by molar-refractivity contribution is 5.97. The quantitative estimate of drug-likeness (QED) is 0.197. The van der Waals surface area contributed by atoms with Crippen molar-refractivity contribution in [2.45, 2.75) is 38.0 Å². The number of hydrogen-bond acceptors (Lipinski definition) is 2. The van der Waals surface area contributed by atoms with E-state index in [9.17, 15) is 0 Å². The summed E-state index contributed by atoms with van der Waals surface area (Å²) in [7, 11) is 0. The van der Waals surface area contributed by atoms with Gasteiger partial charge in [-0.3, -0.25) is 0 Å². The fourth-order valence-corrected chi connectivity index (χ4v) is 8.75. The Hall–Kier alpha value is -5.60. The largest absolute Gasteiger partial charge is 0.379 e. The monoisotopic (exact) mass is 646 g/mol. The van der Waals surface area contributed by atoms with E-state index in [-0.39, 0.29) is 5.41 Å². The molecule has 2 nitrogen and oxygen atoms in total. The molecule has 5 aromatic rings. The molecule has 244 valence electrons. The highest BCUT2D eigenvalue weighted by Crippen LogP contribution is 2.56. The second-order valence-electron chi connectivity index (χ2n) is 14.5. The maximum atomic E-state index is 3.96. The van der Waals surface area contributed by atoms with E-state index in [4.69, 9.17) is 0 Å². The number of allylic oxidation sites excluding steroid dienone is 10. The van der Waals surface area contributed by atoms with Gasteiger partial charge >= 0.3 is 0 Å². The van der Waals surface area contributed by atoms with Crippen LogP contribution in [-0.2, 0) is 5.41 Å². The van der Waals surface area contributed by atoms with Gasteiger partial charge in [0.15, 0.2) is 0 Å². The summed E-state index contributed by atoms with van der Waals surface area (Å²) in [5, 5.41) is 6.59. The third-order valence-electron chi connectivity index (χ3n) is 11.3. The summed E-state index contributed by atoms with van der Waals surface area (Å²) in [5.41, 5.74) is 14.5. The Balaban J connectivity index is 1.14. The zero-order chi connectivity index (χ0) is 33.7. The van der Waals surface area contributed by atoms with Crippen LogP contribution in [0.2, 0.25) is 0 Å². The Labute approximate surface area is 296 Å². The Morgan fingerprint density at radius 1 is 0.640 bits per heavy atom. The third kappa shape index (κ3) is 5.18. The molecule has 5 aromatic carbocycles. The minimum Gasteiger partial charge on any atom is -0.379 e. The van der Waals surface area contributed by atoms with Crippen LogP contribution in [0.15, 0.2) is 175 Å². The van der Waals surface area contributed by atoms with Crippen LogP contribution >= 0.6 is 0 Å². The first-order valence-corrected chi connectivity index (χ1v) is 18.0. The van der Waals surface area contributed by atoms with E-state index < -0.39 is 0 Å². The first kappa shape index (κ1) is 30.5. The van der Waals surface area contributed by atoms with Crippen molar-refractivity contribution in [3.8, 4) is 11.1 Å². The highest BCUT2D eigenvalue weighted by Gasteiger charge is 2.46. The molecule has 50 heavy (non-hydrogen) atoms. The van der Waals surface area contributed by atoms with Gasteiger partial charge in [-0.05, 0) is 98.7 Å². The van der Waals surface area contributed by atoms with E-state index in [1.165, 1.54) is 72.5 Å². The van der Waals surface area contributed by atoms with Crippen molar-refractivity contribution in [3.05, 3.63) is 198 Å². The van der Waals surface area contributed by atoms with Crippen LogP contribution in [0.3, 0.4) is 0 Å². The van der Waals surface area contributed by atoms with E-state index in [0.29, 0.717) is 11.8 Å². The molecular weight excluding hydrogens is 605 g/mol. The fraction of sp³-hybridized carbons (Fsp3) is 0.167. The predicted octanol–water partition coefficient (Wildman–Crippen LogP) is 11.7.